The van der Waals surface area contributed by atoms with Gasteiger partial charge in [0.05, 0.1) is 6.54 Å². The second kappa shape index (κ2) is 4.27. The topological polar surface area (TPSA) is 62.5 Å². The summed E-state index contributed by atoms with van der Waals surface area (Å²) in [6.07, 6.45) is 1.54. The Morgan fingerprint density at radius 1 is 1.47 bits per heavy atom. The van der Waals surface area contributed by atoms with E-state index in [1.165, 1.54) is 16.8 Å². The number of rotatable bonds is 4. The normalized spacial score (nSPS) is 10.7. The van der Waals surface area contributed by atoms with Crippen molar-refractivity contribution in [1.82, 2.24) is 9.47 Å². The maximum absolute atomic E-state index is 11.6. The minimum atomic E-state index is -1.03. The van der Waals surface area contributed by atoms with Crippen molar-refractivity contribution in [2.45, 2.75) is 0 Å². The first kappa shape index (κ1) is 11.5. The summed E-state index contributed by atoms with van der Waals surface area (Å²) >= 11 is 0. The largest absolute Gasteiger partial charge is 0.477 e. The number of carboxylic acid groups (broad SMARTS) is 1. The second-order valence-corrected chi connectivity index (χ2v) is 3.69. The van der Waals surface area contributed by atoms with E-state index in [2.05, 4.69) is 0 Å². The third-order valence-corrected chi connectivity index (χ3v) is 2.01. The molecule has 0 radical (unpaired) electrons. The zero-order valence-corrected chi connectivity index (χ0v) is 9.02. The Bertz CT molecular complexity index is 393. The van der Waals surface area contributed by atoms with Gasteiger partial charge in [0.1, 0.15) is 5.69 Å². The first-order chi connectivity index (χ1) is 6.91. The summed E-state index contributed by atoms with van der Waals surface area (Å²) in [7, 11) is 5.19. The van der Waals surface area contributed by atoms with Crippen LogP contribution in [0.3, 0.4) is 0 Å². The second-order valence-electron chi connectivity index (χ2n) is 3.69. The predicted octanol–water partition coefficient (Wildman–Crippen LogP) is 0.468. The van der Waals surface area contributed by atoms with Gasteiger partial charge in [0.15, 0.2) is 5.78 Å². The van der Waals surface area contributed by atoms with Gasteiger partial charge in [-0.3, -0.25) is 4.79 Å². The van der Waals surface area contributed by atoms with Gasteiger partial charge in [0, 0.05) is 18.8 Å². The van der Waals surface area contributed by atoms with Gasteiger partial charge in [0.2, 0.25) is 0 Å². The summed E-state index contributed by atoms with van der Waals surface area (Å²) in [4.78, 5) is 24.1. The standard InChI is InChI=1S/C10H14N2O3/c1-11(2)6-9(13)7-4-8(10(14)15)12(3)5-7/h4-5H,6H2,1-3H3,(H,14,15). The van der Waals surface area contributed by atoms with Gasteiger partial charge in [-0.1, -0.05) is 0 Å². The Morgan fingerprint density at radius 3 is 2.47 bits per heavy atom. The highest BCUT2D eigenvalue weighted by atomic mass is 16.4. The smallest absolute Gasteiger partial charge is 0.352 e. The lowest BCUT2D eigenvalue weighted by molar-refractivity contribution is 0.0686. The quantitative estimate of drug-likeness (QED) is 0.734. The summed E-state index contributed by atoms with van der Waals surface area (Å²) < 4.78 is 1.44. The summed E-state index contributed by atoms with van der Waals surface area (Å²) in [6.45, 7) is 0.281. The molecule has 0 amide bonds. The van der Waals surface area contributed by atoms with Crippen LogP contribution in [0.1, 0.15) is 20.8 Å². The van der Waals surface area contributed by atoms with E-state index in [0.29, 0.717) is 5.56 Å². The predicted molar refractivity (Wildman–Crippen MR) is 55.3 cm³/mol. The zero-order valence-electron chi connectivity index (χ0n) is 9.02. The summed E-state index contributed by atoms with van der Waals surface area (Å²) in [6, 6.07) is 1.40. The Hall–Kier alpha value is -1.62. The maximum atomic E-state index is 11.6. The molecule has 5 nitrogen and oxygen atoms in total. The fourth-order valence-corrected chi connectivity index (χ4v) is 1.31. The molecule has 15 heavy (non-hydrogen) atoms. The number of hydrogen-bond acceptors (Lipinski definition) is 3. The number of hydrogen-bond donors (Lipinski definition) is 1. The molecule has 0 saturated carbocycles. The Balaban J connectivity index is 2.92. The molecule has 0 aromatic carbocycles. The van der Waals surface area contributed by atoms with Crippen LogP contribution < -0.4 is 0 Å². The molecule has 0 aliphatic rings. The number of aromatic nitrogens is 1. The average Bonchev–Trinajstić information content (AvgIpc) is 2.46. The molecule has 5 heteroatoms. The van der Waals surface area contributed by atoms with Crippen molar-refractivity contribution < 1.29 is 14.7 Å². The lowest BCUT2D eigenvalue weighted by Gasteiger charge is -2.06. The van der Waals surface area contributed by atoms with E-state index < -0.39 is 5.97 Å². The van der Waals surface area contributed by atoms with Crippen molar-refractivity contribution in [3.8, 4) is 0 Å². The molecule has 0 aliphatic carbocycles. The molecule has 1 N–H and O–H groups in total. The number of carbonyl (C=O) groups excluding carboxylic acids is 1. The maximum Gasteiger partial charge on any atom is 0.352 e. The lowest BCUT2D eigenvalue weighted by Crippen LogP contribution is -2.21. The molecule has 1 heterocycles. The number of ketones is 1. The minimum Gasteiger partial charge on any atom is -0.477 e. The van der Waals surface area contributed by atoms with E-state index >= 15 is 0 Å². The summed E-state index contributed by atoms with van der Waals surface area (Å²) in [5, 5.41) is 8.80. The van der Waals surface area contributed by atoms with Gasteiger partial charge < -0.3 is 14.6 Å². The van der Waals surface area contributed by atoms with Gasteiger partial charge in [0.25, 0.3) is 0 Å². The average molecular weight is 210 g/mol. The van der Waals surface area contributed by atoms with Crippen LogP contribution in [0.15, 0.2) is 12.3 Å². The van der Waals surface area contributed by atoms with E-state index in [1.54, 1.807) is 26.0 Å². The van der Waals surface area contributed by atoms with E-state index in [1.807, 2.05) is 0 Å². The number of nitrogens with zero attached hydrogens (tertiary/aromatic N) is 2. The molecule has 82 valence electrons. The molecule has 0 atom stereocenters. The van der Waals surface area contributed by atoms with Crippen LogP contribution in [0.2, 0.25) is 0 Å². The number of likely N-dealkylation sites (N-methyl/N-ethyl adjacent to an activating group) is 1. The van der Waals surface area contributed by atoms with Crippen LogP contribution in [-0.2, 0) is 7.05 Å². The van der Waals surface area contributed by atoms with Crippen molar-refractivity contribution in [2.75, 3.05) is 20.6 Å². The van der Waals surface area contributed by atoms with E-state index in [-0.39, 0.29) is 18.0 Å². The van der Waals surface area contributed by atoms with E-state index in [4.69, 9.17) is 5.11 Å². The molecule has 0 bridgehead atoms. The number of aryl methyl sites for hydroxylation is 1. The summed E-state index contributed by atoms with van der Waals surface area (Å²) in [5.74, 6) is -1.11. The molecular formula is C10H14N2O3. The van der Waals surface area contributed by atoms with Gasteiger partial charge in [-0.05, 0) is 20.2 Å². The molecule has 0 spiro atoms. The van der Waals surface area contributed by atoms with Crippen molar-refractivity contribution in [1.29, 1.82) is 0 Å². The Labute approximate surface area is 87.9 Å². The monoisotopic (exact) mass is 210 g/mol. The molecule has 0 aliphatic heterocycles. The first-order valence-corrected chi connectivity index (χ1v) is 4.49. The highest BCUT2D eigenvalue weighted by Crippen LogP contribution is 2.08. The SMILES string of the molecule is CN(C)CC(=O)c1cc(C(=O)O)n(C)c1. The van der Waals surface area contributed by atoms with Crippen LogP contribution in [0.4, 0.5) is 0 Å². The Morgan fingerprint density at radius 2 is 2.07 bits per heavy atom. The van der Waals surface area contributed by atoms with Crippen molar-refractivity contribution in [2.24, 2.45) is 7.05 Å². The molecule has 1 rings (SSSR count). The third kappa shape index (κ3) is 2.66. The highest BCUT2D eigenvalue weighted by Gasteiger charge is 2.14. The third-order valence-electron chi connectivity index (χ3n) is 2.01. The molecule has 1 aromatic heterocycles. The molecule has 0 unspecified atom stereocenters. The number of aromatic carboxylic acids is 1. The van der Waals surface area contributed by atoms with Crippen LogP contribution in [0.5, 0.6) is 0 Å². The number of carbonyl (C=O) groups is 2. The van der Waals surface area contributed by atoms with Crippen LogP contribution >= 0.6 is 0 Å². The number of Topliss-reactive ketones (excluding diaryl/α,β-unsaturated/α-hetero) is 1. The fraction of sp³-hybridized carbons (Fsp3) is 0.400. The van der Waals surface area contributed by atoms with Gasteiger partial charge in [-0.15, -0.1) is 0 Å². The number of carboxylic acids is 1. The van der Waals surface area contributed by atoms with Gasteiger partial charge in [-0.2, -0.15) is 0 Å². The van der Waals surface area contributed by atoms with Crippen molar-refractivity contribution in [3.05, 3.63) is 23.5 Å². The lowest BCUT2D eigenvalue weighted by atomic mass is 10.2. The van der Waals surface area contributed by atoms with Crippen molar-refractivity contribution in [3.63, 3.8) is 0 Å². The first-order valence-electron chi connectivity index (χ1n) is 4.49. The zero-order chi connectivity index (χ0) is 11.6. The minimum absolute atomic E-state index is 0.0805. The molecule has 1 aromatic rings. The van der Waals surface area contributed by atoms with E-state index in [9.17, 15) is 9.59 Å². The Kier molecular flexibility index (Phi) is 3.26. The van der Waals surface area contributed by atoms with Crippen molar-refractivity contribution >= 4 is 11.8 Å². The van der Waals surface area contributed by atoms with Crippen LogP contribution in [0, 0.1) is 0 Å². The summed E-state index contributed by atoms with van der Waals surface area (Å²) in [5.41, 5.74) is 0.556. The van der Waals surface area contributed by atoms with E-state index in [0.717, 1.165) is 0 Å². The fourth-order valence-electron chi connectivity index (χ4n) is 1.31. The highest BCUT2D eigenvalue weighted by molar-refractivity contribution is 5.99. The van der Waals surface area contributed by atoms with Gasteiger partial charge >= 0.3 is 5.97 Å². The van der Waals surface area contributed by atoms with Crippen LogP contribution in [-0.4, -0.2) is 47.0 Å². The van der Waals surface area contributed by atoms with Crippen LogP contribution in [0.25, 0.3) is 0 Å². The molecule has 0 saturated heterocycles. The molecular weight excluding hydrogens is 196 g/mol. The molecule has 0 fully saturated rings. The van der Waals surface area contributed by atoms with Gasteiger partial charge in [-0.25, -0.2) is 4.79 Å².